The third-order valence-electron chi connectivity index (χ3n) is 5.66. The molecule has 200 valence electrons. The Morgan fingerprint density at radius 2 is 1.70 bits per heavy atom. The first-order valence-corrected chi connectivity index (χ1v) is 13.8. The van der Waals surface area contributed by atoms with Gasteiger partial charge in [0.25, 0.3) is 10.0 Å². The van der Waals surface area contributed by atoms with E-state index in [0.717, 1.165) is 24.6 Å². The van der Waals surface area contributed by atoms with Crippen molar-refractivity contribution in [3.8, 4) is 0 Å². The number of amidine groups is 1. The topological polar surface area (TPSA) is 94.6 Å². The molecule has 0 spiro atoms. The average molecular weight is 578 g/mol. The molecule has 9 nitrogen and oxygen atoms in total. The van der Waals surface area contributed by atoms with Crippen molar-refractivity contribution in [1.29, 1.82) is 0 Å². The van der Waals surface area contributed by atoms with Gasteiger partial charge in [-0.1, -0.05) is 48.5 Å². The fourth-order valence-electron chi connectivity index (χ4n) is 3.82. The lowest BCUT2D eigenvalue weighted by Gasteiger charge is -2.37. The van der Waals surface area contributed by atoms with Crippen LogP contribution < -0.4 is 5.43 Å². The van der Waals surface area contributed by atoms with Crippen LogP contribution in [0.2, 0.25) is 0 Å². The molecule has 1 atom stereocenters. The maximum absolute atomic E-state index is 13.3. The predicted molar refractivity (Wildman–Crippen MR) is 132 cm³/mol. The van der Waals surface area contributed by atoms with Crippen LogP contribution in [0, 0.1) is 0 Å². The SMILES string of the molecule is O=C(ON(C1SN=C(Cl)N1NC1CCN(Cc2ccccc2)CC1)S(=O)(=O)c1ccccc1)C(F)(F)F. The van der Waals surface area contributed by atoms with Gasteiger partial charge in [-0.05, 0) is 42.1 Å². The van der Waals surface area contributed by atoms with Gasteiger partial charge < -0.3 is 4.84 Å². The van der Waals surface area contributed by atoms with Gasteiger partial charge >= 0.3 is 12.1 Å². The van der Waals surface area contributed by atoms with Crippen LogP contribution in [0.3, 0.4) is 0 Å². The van der Waals surface area contributed by atoms with E-state index in [4.69, 9.17) is 11.6 Å². The first-order valence-electron chi connectivity index (χ1n) is 11.2. The number of nitrogens with one attached hydrogen (secondary N) is 1. The van der Waals surface area contributed by atoms with E-state index in [1.807, 2.05) is 30.3 Å². The minimum Gasteiger partial charge on any atom is -0.342 e. The number of rotatable bonds is 8. The van der Waals surface area contributed by atoms with E-state index in [2.05, 4.69) is 19.6 Å². The first-order chi connectivity index (χ1) is 17.6. The van der Waals surface area contributed by atoms with Crippen molar-refractivity contribution in [3.05, 3.63) is 66.2 Å². The van der Waals surface area contributed by atoms with Crippen molar-refractivity contribution in [2.75, 3.05) is 13.1 Å². The number of piperidine rings is 1. The van der Waals surface area contributed by atoms with Gasteiger partial charge in [0.2, 0.25) is 10.8 Å². The minimum absolute atomic E-state index is 0.0146. The van der Waals surface area contributed by atoms with Crippen molar-refractivity contribution < 1.29 is 31.2 Å². The summed E-state index contributed by atoms with van der Waals surface area (Å²) in [6.07, 6.45) is -4.13. The first kappa shape index (κ1) is 27.7. The van der Waals surface area contributed by atoms with Crippen LogP contribution in [-0.4, -0.2) is 64.9 Å². The third-order valence-corrected chi connectivity index (χ3v) is 8.65. The summed E-state index contributed by atoms with van der Waals surface area (Å²) in [6.45, 7) is 2.22. The fraction of sp³-hybridized carbons (Fsp3) is 0.364. The van der Waals surface area contributed by atoms with Crippen molar-refractivity contribution >= 4 is 44.8 Å². The quantitative estimate of drug-likeness (QED) is 0.288. The molecule has 2 heterocycles. The van der Waals surface area contributed by atoms with Crippen LogP contribution in [0.25, 0.3) is 0 Å². The Morgan fingerprint density at radius 3 is 2.30 bits per heavy atom. The number of benzene rings is 2. The highest BCUT2D eigenvalue weighted by molar-refractivity contribution is 8.00. The zero-order valence-corrected chi connectivity index (χ0v) is 21.6. The van der Waals surface area contributed by atoms with Crippen molar-refractivity contribution in [2.24, 2.45) is 4.40 Å². The highest BCUT2D eigenvalue weighted by Crippen LogP contribution is 2.34. The number of alkyl halides is 3. The lowest BCUT2D eigenvalue weighted by molar-refractivity contribution is -0.227. The summed E-state index contributed by atoms with van der Waals surface area (Å²) in [5, 5.41) is 0.909. The lowest BCUT2D eigenvalue weighted by Crippen LogP contribution is -2.58. The monoisotopic (exact) mass is 577 g/mol. The molecule has 4 rings (SSSR count). The third kappa shape index (κ3) is 6.75. The predicted octanol–water partition coefficient (Wildman–Crippen LogP) is 3.71. The molecular weight excluding hydrogens is 555 g/mol. The summed E-state index contributed by atoms with van der Waals surface area (Å²) in [6, 6.07) is 16.4. The minimum atomic E-state index is -5.43. The van der Waals surface area contributed by atoms with Gasteiger partial charge in [0.05, 0.1) is 4.90 Å². The van der Waals surface area contributed by atoms with Gasteiger partial charge in [0, 0.05) is 42.1 Å². The molecule has 2 aliphatic heterocycles. The summed E-state index contributed by atoms with van der Waals surface area (Å²) in [4.78, 5) is 18.0. The van der Waals surface area contributed by atoms with E-state index in [0.29, 0.717) is 24.8 Å². The summed E-state index contributed by atoms with van der Waals surface area (Å²) in [5.74, 6) is -2.69. The zero-order chi connectivity index (χ0) is 26.6. The van der Waals surface area contributed by atoms with Gasteiger partial charge in [-0.2, -0.15) is 17.6 Å². The number of halogens is 4. The van der Waals surface area contributed by atoms with Crippen molar-refractivity contribution in [2.45, 2.75) is 42.0 Å². The lowest BCUT2D eigenvalue weighted by atomic mass is 10.0. The van der Waals surface area contributed by atoms with Crippen molar-refractivity contribution in [1.82, 2.24) is 19.8 Å². The molecule has 0 aliphatic carbocycles. The van der Waals surface area contributed by atoms with Gasteiger partial charge in [-0.3, -0.25) is 4.90 Å². The van der Waals surface area contributed by atoms with Crippen LogP contribution >= 0.6 is 23.5 Å². The Balaban J connectivity index is 1.49. The zero-order valence-electron chi connectivity index (χ0n) is 19.2. The highest BCUT2D eigenvalue weighted by Gasteiger charge is 2.49. The summed E-state index contributed by atoms with van der Waals surface area (Å²) in [5.41, 5.74) is 2.69. The van der Waals surface area contributed by atoms with E-state index < -0.39 is 27.7 Å². The van der Waals surface area contributed by atoms with Crippen LogP contribution in [0.1, 0.15) is 18.4 Å². The Morgan fingerprint density at radius 1 is 1.11 bits per heavy atom. The summed E-state index contributed by atoms with van der Waals surface area (Å²) >= 11 is 6.74. The largest absolute Gasteiger partial charge is 0.492 e. The average Bonchev–Trinajstić information content (AvgIpc) is 3.23. The van der Waals surface area contributed by atoms with Gasteiger partial charge in [0.15, 0.2) is 0 Å². The smallest absolute Gasteiger partial charge is 0.342 e. The molecule has 0 amide bonds. The molecule has 1 N–H and O–H groups in total. The molecule has 1 unspecified atom stereocenters. The number of hydrazine groups is 1. The van der Waals surface area contributed by atoms with Gasteiger partial charge in [-0.25, -0.2) is 23.6 Å². The molecule has 37 heavy (non-hydrogen) atoms. The van der Waals surface area contributed by atoms with Crippen LogP contribution in [0.4, 0.5) is 13.2 Å². The van der Waals surface area contributed by atoms with Gasteiger partial charge in [-0.15, -0.1) is 0 Å². The maximum Gasteiger partial charge on any atom is 0.492 e. The molecule has 0 radical (unpaired) electrons. The molecule has 0 aromatic heterocycles. The summed E-state index contributed by atoms with van der Waals surface area (Å²) < 4.78 is 69.5. The van der Waals surface area contributed by atoms with E-state index in [-0.39, 0.29) is 20.7 Å². The van der Waals surface area contributed by atoms with E-state index >= 15 is 0 Å². The number of likely N-dealkylation sites (tertiary alicyclic amines) is 1. The molecule has 2 aliphatic rings. The number of carbonyl (C=O) groups excluding carboxylic acids is 1. The molecule has 1 saturated heterocycles. The second kappa shape index (κ2) is 11.6. The molecule has 1 fully saturated rings. The number of hydrogen-bond donors (Lipinski definition) is 1. The molecule has 2 aromatic carbocycles. The fourth-order valence-corrected chi connectivity index (χ4v) is 6.45. The molecule has 2 aromatic rings. The number of carbonyl (C=O) groups is 1. The van der Waals surface area contributed by atoms with Crippen LogP contribution in [-0.2, 0) is 26.2 Å². The van der Waals surface area contributed by atoms with Gasteiger partial charge in [0.1, 0.15) is 0 Å². The van der Waals surface area contributed by atoms with Crippen LogP contribution in [0.5, 0.6) is 0 Å². The number of hydrogen-bond acceptors (Lipinski definition) is 9. The van der Waals surface area contributed by atoms with Crippen molar-refractivity contribution in [3.63, 3.8) is 0 Å². The molecule has 0 saturated carbocycles. The Labute approximate surface area is 221 Å². The molecular formula is C22H23ClF3N5O4S2. The second-order valence-corrected chi connectivity index (χ2v) is 11.2. The highest BCUT2D eigenvalue weighted by atomic mass is 35.5. The van der Waals surface area contributed by atoms with E-state index in [1.165, 1.54) is 35.9 Å². The summed E-state index contributed by atoms with van der Waals surface area (Å²) in [7, 11) is -4.73. The van der Waals surface area contributed by atoms with E-state index in [9.17, 15) is 26.4 Å². The van der Waals surface area contributed by atoms with Crippen LogP contribution in [0.15, 0.2) is 70.0 Å². The number of hydroxylamine groups is 1. The van der Waals surface area contributed by atoms with E-state index in [1.54, 1.807) is 0 Å². The number of sulfonamides is 1. The number of nitrogens with zero attached hydrogens (tertiary/aromatic N) is 4. The Hall–Kier alpha value is -2.36. The Kier molecular flexibility index (Phi) is 8.66. The standard InChI is InChI=1S/C22H23ClF3N5O4S2/c23-20-28-36-21(30(20)27-17-11-13-29(14-12-17)15-16-7-3-1-4-8-16)31(35-19(32)22(24,25)26)37(33,34)18-9-5-2-6-10-18/h1-10,17,21,27H,11-15H2. The molecule has 0 bridgehead atoms. The normalized spacial score (nSPS) is 19.8. The second-order valence-electron chi connectivity index (χ2n) is 8.28. The maximum atomic E-state index is 13.3. The Bertz CT molecular complexity index is 1210. The molecule has 15 heteroatoms.